The van der Waals surface area contributed by atoms with Crippen LogP contribution in [0, 0.1) is 11.8 Å². The average Bonchev–Trinajstić information content (AvgIpc) is 3.02. The van der Waals surface area contributed by atoms with Gasteiger partial charge in [0.05, 0.1) is 50.6 Å². The monoisotopic (exact) mass is 574 g/mol. The standard InChI is InChI=1S/C32H38N4O6/c1-4-42-32(39)21-9-12-23(13-10-21)33-29(37)20-35-17-15-24(16-18-35)36-31(38)26-8-6-5-7-25(26)30(34-36)22-11-14-27(40-2)28(19-22)41-3/h5-6,9-14,19,24-26H,4,7-8,15-18,20H2,1-3H3,(H,33,37). The van der Waals surface area contributed by atoms with Crippen LogP contribution in [0.4, 0.5) is 5.69 Å². The summed E-state index contributed by atoms with van der Waals surface area (Å²) in [5.41, 5.74) is 2.90. The van der Waals surface area contributed by atoms with Crippen molar-refractivity contribution in [3.05, 3.63) is 65.7 Å². The third kappa shape index (κ3) is 6.33. The van der Waals surface area contributed by atoms with Gasteiger partial charge in [-0.1, -0.05) is 12.2 Å². The number of methoxy groups -OCH3 is 2. The second kappa shape index (κ2) is 13.2. The predicted octanol–water partition coefficient (Wildman–Crippen LogP) is 4.11. The van der Waals surface area contributed by atoms with Gasteiger partial charge in [0.2, 0.25) is 11.8 Å². The molecule has 5 rings (SSSR count). The van der Waals surface area contributed by atoms with E-state index in [4.69, 9.17) is 19.3 Å². The molecule has 1 fully saturated rings. The van der Waals surface area contributed by atoms with E-state index in [2.05, 4.69) is 22.4 Å². The van der Waals surface area contributed by atoms with Crippen molar-refractivity contribution in [2.24, 2.45) is 16.9 Å². The molecule has 0 saturated carbocycles. The second-order valence-corrected chi connectivity index (χ2v) is 10.7. The van der Waals surface area contributed by atoms with Crippen LogP contribution >= 0.6 is 0 Å². The van der Waals surface area contributed by atoms with Crippen molar-refractivity contribution in [3.63, 3.8) is 0 Å². The zero-order valence-corrected chi connectivity index (χ0v) is 24.4. The van der Waals surface area contributed by atoms with Gasteiger partial charge in [0.25, 0.3) is 0 Å². The molecule has 2 unspecified atom stereocenters. The molecule has 2 atom stereocenters. The highest BCUT2D eigenvalue weighted by Gasteiger charge is 2.43. The number of nitrogens with zero attached hydrogens (tertiary/aromatic N) is 3. The van der Waals surface area contributed by atoms with Crippen molar-refractivity contribution >= 4 is 29.2 Å². The highest BCUT2D eigenvalue weighted by molar-refractivity contribution is 6.07. The summed E-state index contributed by atoms with van der Waals surface area (Å²) in [5.74, 6) is 0.720. The number of rotatable bonds is 9. The van der Waals surface area contributed by atoms with E-state index in [1.165, 1.54) is 0 Å². The van der Waals surface area contributed by atoms with E-state index >= 15 is 0 Å². The van der Waals surface area contributed by atoms with Crippen LogP contribution in [-0.4, -0.2) is 79.9 Å². The summed E-state index contributed by atoms with van der Waals surface area (Å²) in [5, 5.41) is 9.60. The first-order valence-electron chi connectivity index (χ1n) is 14.5. The molecule has 222 valence electrons. The van der Waals surface area contributed by atoms with Gasteiger partial charge in [-0.2, -0.15) is 5.10 Å². The minimum Gasteiger partial charge on any atom is -0.493 e. The normalized spacial score (nSPS) is 20.9. The van der Waals surface area contributed by atoms with Gasteiger partial charge < -0.3 is 19.5 Å². The van der Waals surface area contributed by atoms with Gasteiger partial charge in [-0.25, -0.2) is 9.80 Å². The van der Waals surface area contributed by atoms with Gasteiger partial charge in [0, 0.05) is 30.3 Å². The van der Waals surface area contributed by atoms with Crippen LogP contribution in [-0.2, 0) is 14.3 Å². The fourth-order valence-electron chi connectivity index (χ4n) is 5.96. The smallest absolute Gasteiger partial charge is 0.338 e. The molecule has 10 heteroatoms. The largest absolute Gasteiger partial charge is 0.493 e. The minimum atomic E-state index is -0.388. The molecule has 2 amide bonds. The first-order valence-corrected chi connectivity index (χ1v) is 14.5. The summed E-state index contributed by atoms with van der Waals surface area (Å²) in [7, 11) is 3.22. The molecule has 1 N–H and O–H groups in total. The topological polar surface area (TPSA) is 110 Å². The van der Waals surface area contributed by atoms with Crippen LogP contribution in [0.25, 0.3) is 0 Å². The molecule has 1 saturated heterocycles. The lowest BCUT2D eigenvalue weighted by molar-refractivity contribution is -0.141. The molecule has 0 aromatic heterocycles. The van der Waals surface area contributed by atoms with Crippen LogP contribution in [0.5, 0.6) is 11.5 Å². The van der Waals surface area contributed by atoms with Crippen molar-refractivity contribution < 1.29 is 28.6 Å². The molecule has 2 heterocycles. The zero-order valence-electron chi connectivity index (χ0n) is 24.4. The van der Waals surface area contributed by atoms with E-state index in [1.807, 2.05) is 18.2 Å². The summed E-state index contributed by atoms with van der Waals surface area (Å²) in [6.45, 7) is 3.67. The van der Waals surface area contributed by atoms with Gasteiger partial charge in [-0.15, -0.1) is 0 Å². The Hall–Kier alpha value is -4.18. The van der Waals surface area contributed by atoms with E-state index in [0.717, 1.165) is 30.5 Å². The molecule has 10 nitrogen and oxygen atoms in total. The number of esters is 1. The molecule has 0 bridgehead atoms. The van der Waals surface area contributed by atoms with E-state index in [-0.39, 0.29) is 42.2 Å². The van der Waals surface area contributed by atoms with Crippen molar-refractivity contribution in [2.75, 3.05) is 45.8 Å². The number of likely N-dealkylation sites (tertiary alicyclic amines) is 1. The van der Waals surface area contributed by atoms with Crippen molar-refractivity contribution in [2.45, 2.75) is 38.6 Å². The Balaban J connectivity index is 1.23. The third-order valence-electron chi connectivity index (χ3n) is 8.17. The minimum absolute atomic E-state index is 0.0204. The summed E-state index contributed by atoms with van der Waals surface area (Å²) >= 11 is 0. The number of hydrogen-bond acceptors (Lipinski definition) is 8. The lowest BCUT2D eigenvalue weighted by Gasteiger charge is -2.42. The fourth-order valence-corrected chi connectivity index (χ4v) is 5.96. The average molecular weight is 575 g/mol. The molecule has 0 spiro atoms. The Morgan fingerprint density at radius 1 is 0.952 bits per heavy atom. The number of carbonyl (C=O) groups excluding carboxylic acids is 3. The summed E-state index contributed by atoms with van der Waals surface area (Å²) < 4.78 is 16.0. The number of hydrazone groups is 1. The number of anilines is 1. The maximum Gasteiger partial charge on any atom is 0.338 e. The molecule has 3 aliphatic rings. The first-order chi connectivity index (χ1) is 20.4. The molecule has 42 heavy (non-hydrogen) atoms. The number of carbonyl (C=O) groups is 3. The molecule has 2 aromatic carbocycles. The van der Waals surface area contributed by atoms with Gasteiger partial charge >= 0.3 is 5.97 Å². The number of benzene rings is 2. The van der Waals surface area contributed by atoms with E-state index < -0.39 is 0 Å². The molecular weight excluding hydrogens is 536 g/mol. The number of hydrogen-bond donors (Lipinski definition) is 1. The number of piperidine rings is 1. The SMILES string of the molecule is CCOC(=O)c1ccc(NC(=O)CN2CCC(N3N=C(c4ccc(OC)c(OC)c4)C4CC=CCC4C3=O)CC2)cc1. The molecule has 0 radical (unpaired) electrons. The summed E-state index contributed by atoms with van der Waals surface area (Å²) in [6.07, 6.45) is 7.16. The molecule has 1 aliphatic carbocycles. The molecule has 2 aromatic rings. The summed E-state index contributed by atoms with van der Waals surface area (Å²) in [4.78, 5) is 40.3. The van der Waals surface area contributed by atoms with E-state index in [0.29, 0.717) is 48.9 Å². The number of fused-ring (bicyclic) bond motifs is 1. The number of allylic oxidation sites excluding steroid dienone is 2. The molecule has 2 aliphatic heterocycles. The predicted molar refractivity (Wildman–Crippen MR) is 159 cm³/mol. The number of nitrogens with one attached hydrogen (secondary N) is 1. The van der Waals surface area contributed by atoms with Crippen LogP contribution in [0.3, 0.4) is 0 Å². The number of ether oxygens (including phenoxy) is 3. The van der Waals surface area contributed by atoms with E-state index in [9.17, 15) is 14.4 Å². The zero-order chi connectivity index (χ0) is 29.6. The third-order valence-corrected chi connectivity index (χ3v) is 8.17. The highest BCUT2D eigenvalue weighted by Crippen LogP contribution is 2.38. The fraction of sp³-hybridized carbons (Fsp3) is 0.438. The Morgan fingerprint density at radius 3 is 2.31 bits per heavy atom. The molecular formula is C32H38N4O6. The Morgan fingerprint density at radius 2 is 1.64 bits per heavy atom. The Labute approximate surface area is 246 Å². The van der Waals surface area contributed by atoms with Crippen LogP contribution in [0.1, 0.15) is 48.5 Å². The van der Waals surface area contributed by atoms with Gasteiger partial charge in [-0.3, -0.25) is 14.5 Å². The van der Waals surface area contributed by atoms with Crippen molar-refractivity contribution in [1.29, 1.82) is 0 Å². The number of amides is 2. The van der Waals surface area contributed by atoms with Crippen molar-refractivity contribution in [3.8, 4) is 11.5 Å². The quantitative estimate of drug-likeness (QED) is 0.355. The maximum atomic E-state index is 13.7. The van der Waals surface area contributed by atoms with Crippen LogP contribution in [0.15, 0.2) is 59.7 Å². The summed E-state index contributed by atoms with van der Waals surface area (Å²) in [6, 6.07) is 12.4. The lowest BCUT2D eigenvalue weighted by Crippen LogP contribution is -2.52. The van der Waals surface area contributed by atoms with E-state index in [1.54, 1.807) is 50.4 Å². The highest BCUT2D eigenvalue weighted by atomic mass is 16.5. The first kappa shape index (κ1) is 29.3. The van der Waals surface area contributed by atoms with Gasteiger partial charge in [-0.05, 0) is 75.1 Å². The maximum absolute atomic E-state index is 13.7. The van der Waals surface area contributed by atoms with Gasteiger partial charge in [0.1, 0.15) is 0 Å². The Kier molecular flexibility index (Phi) is 9.22. The Bertz CT molecular complexity index is 1360. The van der Waals surface area contributed by atoms with Crippen LogP contribution in [0.2, 0.25) is 0 Å². The van der Waals surface area contributed by atoms with Crippen molar-refractivity contribution in [1.82, 2.24) is 9.91 Å². The second-order valence-electron chi connectivity index (χ2n) is 10.7. The van der Waals surface area contributed by atoms with Gasteiger partial charge in [0.15, 0.2) is 11.5 Å². The lowest BCUT2D eigenvalue weighted by atomic mass is 9.76. The van der Waals surface area contributed by atoms with Crippen LogP contribution < -0.4 is 14.8 Å².